The molecule has 0 aliphatic heterocycles. The second-order valence-corrected chi connectivity index (χ2v) is 5.81. The van der Waals surface area contributed by atoms with Crippen molar-refractivity contribution in [3.05, 3.63) is 56.2 Å². The molecule has 0 spiro atoms. The van der Waals surface area contributed by atoms with Crippen LogP contribution in [0.2, 0.25) is 0 Å². The molecule has 0 bridgehead atoms. The van der Waals surface area contributed by atoms with E-state index < -0.39 is 11.2 Å². The fourth-order valence-electron chi connectivity index (χ4n) is 2.63. The van der Waals surface area contributed by atoms with Gasteiger partial charge in [0, 0.05) is 6.07 Å². The summed E-state index contributed by atoms with van der Waals surface area (Å²) in [7, 11) is 0. The maximum atomic E-state index is 12.4. The summed E-state index contributed by atoms with van der Waals surface area (Å²) >= 11 is 0. The Balaban J connectivity index is 1.96. The molecule has 3 rings (SSSR count). The van der Waals surface area contributed by atoms with Gasteiger partial charge in [-0.2, -0.15) is 4.98 Å². The molecule has 2 aromatic rings. The summed E-state index contributed by atoms with van der Waals surface area (Å²) in [6, 6.07) is 1.23. The van der Waals surface area contributed by atoms with Crippen LogP contribution in [0.25, 0.3) is 11.1 Å². The number of hydrogen-bond acceptors (Lipinski definition) is 6. The lowest BCUT2D eigenvalue weighted by Gasteiger charge is -2.05. The first-order valence-electron chi connectivity index (χ1n) is 8.24. The van der Waals surface area contributed by atoms with Gasteiger partial charge in [0.2, 0.25) is 5.71 Å². The second kappa shape index (κ2) is 7.29. The zero-order valence-corrected chi connectivity index (χ0v) is 14.2. The molecule has 2 aromatic heterocycles. The Kier molecular flexibility index (Phi) is 4.92. The minimum atomic E-state index is -0.538. The fraction of sp³-hybridized carbons (Fsp3) is 0.333. The van der Waals surface area contributed by atoms with Gasteiger partial charge >= 0.3 is 11.6 Å². The van der Waals surface area contributed by atoms with Gasteiger partial charge in [-0.05, 0) is 37.3 Å². The largest absolute Gasteiger partial charge is 0.403 e. The molecule has 0 aromatic carbocycles. The average molecular weight is 341 g/mol. The Bertz CT molecular complexity index is 996. The number of fused-ring (bicyclic) bond motifs is 1. The average Bonchev–Trinajstić information content (AvgIpc) is 3.11. The Morgan fingerprint density at radius 1 is 1.44 bits per heavy atom. The van der Waals surface area contributed by atoms with E-state index in [0.29, 0.717) is 17.7 Å². The third-order valence-corrected chi connectivity index (χ3v) is 3.93. The van der Waals surface area contributed by atoms with Gasteiger partial charge < -0.3 is 9.25 Å². The quantitative estimate of drug-likeness (QED) is 0.643. The number of aromatic amines is 1. The maximum Gasteiger partial charge on any atom is 0.337 e. The van der Waals surface area contributed by atoms with Crippen LogP contribution in [0, 0.1) is 0 Å². The van der Waals surface area contributed by atoms with Crippen molar-refractivity contribution < 1.29 is 9.25 Å². The lowest BCUT2D eigenvalue weighted by atomic mass is 10.1. The summed E-state index contributed by atoms with van der Waals surface area (Å²) < 4.78 is 5.07. The van der Waals surface area contributed by atoms with E-state index in [1.54, 1.807) is 6.92 Å². The van der Waals surface area contributed by atoms with Crippen molar-refractivity contribution in [1.82, 2.24) is 9.97 Å². The highest BCUT2D eigenvalue weighted by Crippen LogP contribution is 2.16. The summed E-state index contributed by atoms with van der Waals surface area (Å²) in [5.41, 5.74) is 1.26. The zero-order chi connectivity index (χ0) is 17.8. The molecule has 0 amide bonds. The molecule has 1 aliphatic carbocycles. The first-order chi connectivity index (χ1) is 12.1. The molecule has 0 fully saturated rings. The van der Waals surface area contributed by atoms with Crippen LogP contribution in [-0.2, 0) is 6.42 Å². The Morgan fingerprint density at radius 2 is 2.28 bits per heavy atom. The van der Waals surface area contributed by atoms with Crippen LogP contribution in [0.4, 0.5) is 0 Å². The molecular weight excluding hydrogens is 322 g/mol. The van der Waals surface area contributed by atoms with Crippen molar-refractivity contribution in [2.45, 2.75) is 39.5 Å². The van der Waals surface area contributed by atoms with Crippen LogP contribution < -0.4 is 16.0 Å². The van der Waals surface area contributed by atoms with E-state index in [1.807, 2.05) is 25.2 Å². The van der Waals surface area contributed by atoms with Crippen molar-refractivity contribution in [1.29, 1.82) is 0 Å². The Morgan fingerprint density at radius 3 is 3.00 bits per heavy atom. The predicted molar refractivity (Wildman–Crippen MR) is 95.1 cm³/mol. The number of aryl methyl sites for hydroxylation is 1. The number of unbranched alkanes of at least 4 members (excludes halogenated alkanes) is 1. The third kappa shape index (κ3) is 3.76. The van der Waals surface area contributed by atoms with Gasteiger partial charge in [0.05, 0.1) is 5.71 Å². The maximum absolute atomic E-state index is 12.4. The molecule has 1 aliphatic rings. The number of rotatable bonds is 6. The van der Waals surface area contributed by atoms with E-state index in [-0.39, 0.29) is 17.1 Å². The van der Waals surface area contributed by atoms with Crippen molar-refractivity contribution >= 4 is 16.8 Å². The van der Waals surface area contributed by atoms with E-state index in [1.165, 1.54) is 6.07 Å². The number of aromatic nitrogens is 2. The second-order valence-electron chi connectivity index (χ2n) is 5.81. The van der Waals surface area contributed by atoms with Crippen LogP contribution in [0.5, 0.6) is 6.01 Å². The normalized spacial score (nSPS) is 14.2. The van der Waals surface area contributed by atoms with Crippen LogP contribution in [0.1, 0.15) is 38.7 Å². The topological polar surface area (TPSA) is 97.5 Å². The molecule has 0 saturated carbocycles. The van der Waals surface area contributed by atoms with Crippen LogP contribution in [0.15, 0.2) is 49.0 Å². The molecule has 0 saturated heterocycles. The van der Waals surface area contributed by atoms with Gasteiger partial charge in [0.25, 0.3) is 5.56 Å². The summed E-state index contributed by atoms with van der Waals surface area (Å²) in [4.78, 5) is 35.9. The van der Waals surface area contributed by atoms with Crippen LogP contribution in [-0.4, -0.2) is 15.7 Å². The van der Waals surface area contributed by atoms with Crippen molar-refractivity contribution in [3.8, 4) is 6.01 Å². The van der Waals surface area contributed by atoms with Crippen molar-refractivity contribution in [2.24, 2.45) is 5.16 Å². The number of H-pyrrole nitrogens is 1. The summed E-state index contributed by atoms with van der Waals surface area (Å²) in [5, 5.41) is 4.24. The highest BCUT2D eigenvalue weighted by atomic mass is 16.6. The minimum Gasteiger partial charge on any atom is -0.403 e. The lowest BCUT2D eigenvalue weighted by Crippen LogP contribution is -2.15. The number of oxime groups is 1. The highest BCUT2D eigenvalue weighted by molar-refractivity contribution is 6.00. The summed E-state index contributed by atoms with van der Waals surface area (Å²) in [6.07, 6.45) is 9.25. The number of nitrogens with one attached hydrogen (secondary N) is 1. The van der Waals surface area contributed by atoms with Gasteiger partial charge in [-0.3, -0.25) is 9.78 Å². The molecule has 130 valence electrons. The number of allylic oxidation sites excluding steroid dienone is 4. The van der Waals surface area contributed by atoms with E-state index in [9.17, 15) is 9.59 Å². The smallest absolute Gasteiger partial charge is 0.337 e. The van der Waals surface area contributed by atoms with Gasteiger partial charge in [0.15, 0.2) is 0 Å². The monoisotopic (exact) mass is 341 g/mol. The van der Waals surface area contributed by atoms with Gasteiger partial charge in [0.1, 0.15) is 5.39 Å². The summed E-state index contributed by atoms with van der Waals surface area (Å²) in [5.74, 6) is 0. The minimum absolute atomic E-state index is 0.0369. The van der Waals surface area contributed by atoms with Gasteiger partial charge in [-0.15, -0.1) is 0 Å². The van der Waals surface area contributed by atoms with Gasteiger partial charge in [-0.1, -0.05) is 36.7 Å². The van der Waals surface area contributed by atoms with E-state index in [4.69, 9.17) is 9.25 Å². The molecule has 25 heavy (non-hydrogen) atoms. The molecule has 1 N–H and O–H groups in total. The first kappa shape index (κ1) is 16.9. The number of nitrogens with zero attached hydrogens (tertiary/aromatic N) is 2. The van der Waals surface area contributed by atoms with Crippen LogP contribution >= 0.6 is 0 Å². The Hall–Kier alpha value is -2.96. The lowest BCUT2D eigenvalue weighted by molar-refractivity contribution is 0.311. The van der Waals surface area contributed by atoms with Crippen LogP contribution in [0.3, 0.4) is 0 Å². The Labute approximate surface area is 143 Å². The highest BCUT2D eigenvalue weighted by Gasteiger charge is 2.13. The van der Waals surface area contributed by atoms with Gasteiger partial charge in [-0.25, -0.2) is 4.79 Å². The molecule has 0 atom stereocenters. The van der Waals surface area contributed by atoms with E-state index >= 15 is 0 Å². The van der Waals surface area contributed by atoms with Crippen molar-refractivity contribution in [2.75, 3.05) is 0 Å². The zero-order valence-electron chi connectivity index (χ0n) is 14.2. The van der Waals surface area contributed by atoms with E-state index in [0.717, 1.165) is 24.8 Å². The van der Waals surface area contributed by atoms with E-state index in [2.05, 4.69) is 15.1 Å². The fourth-order valence-corrected chi connectivity index (χ4v) is 2.63. The third-order valence-electron chi connectivity index (χ3n) is 3.93. The molecule has 7 nitrogen and oxygen atoms in total. The predicted octanol–water partition coefficient (Wildman–Crippen LogP) is 2.86. The molecule has 0 radical (unpaired) electrons. The molecule has 7 heteroatoms. The number of hydrogen-bond donors (Lipinski definition) is 1. The molecular formula is C18H19N3O4. The molecule has 0 unspecified atom stereocenters. The SMILES string of the molecule is CCCCc1cc(=O)oc2nc(O/N=C(\C)C3=CCC=C3)[nH]c(=O)c12. The molecule has 2 heterocycles. The first-order valence-corrected chi connectivity index (χ1v) is 8.24. The standard InChI is InChI=1S/C18H19N3O4/c1-3-4-7-13-10-14(22)24-17-15(13)16(23)19-18(20-17)25-21-11(2)12-8-5-6-9-12/h5,8-10H,3-4,6-7H2,1-2H3,(H,19,20,23)/b21-11+. The van der Waals surface area contributed by atoms with Crippen molar-refractivity contribution in [3.63, 3.8) is 0 Å². The summed E-state index contributed by atoms with van der Waals surface area (Å²) in [6.45, 7) is 3.83.